The second-order valence-corrected chi connectivity index (χ2v) is 7.89. The lowest BCUT2D eigenvalue weighted by Crippen LogP contribution is -2.28. The van der Waals surface area contributed by atoms with E-state index in [0.29, 0.717) is 11.4 Å². The molecule has 0 spiro atoms. The van der Waals surface area contributed by atoms with E-state index in [2.05, 4.69) is 15.3 Å². The van der Waals surface area contributed by atoms with E-state index in [0.717, 1.165) is 15.5 Å². The number of para-hydroxylation sites is 2. The van der Waals surface area contributed by atoms with E-state index in [1.165, 1.54) is 38.4 Å². The fourth-order valence-corrected chi connectivity index (χ4v) is 3.52. The minimum atomic E-state index is -3.75. The number of nitrogens with one attached hydrogen (secondary N) is 2. The molecule has 0 fully saturated rings. The Hall–Kier alpha value is -2.75. The van der Waals surface area contributed by atoms with Crippen LogP contribution in [0, 0.1) is 0 Å². The number of hydrogen-bond donors (Lipinski definition) is 2. The lowest BCUT2D eigenvalue weighted by Gasteiger charge is -2.15. The zero-order chi connectivity index (χ0) is 19.6. The molecule has 1 heterocycles. The maximum Gasteiger partial charge on any atom is 0.264 e. The highest BCUT2D eigenvalue weighted by Crippen LogP contribution is 2.18. The maximum absolute atomic E-state index is 12.5. The Kier molecular flexibility index (Phi) is 5.26. The first-order chi connectivity index (χ1) is 12.8. The van der Waals surface area contributed by atoms with Crippen molar-refractivity contribution in [2.24, 2.45) is 0 Å². The van der Waals surface area contributed by atoms with Crippen molar-refractivity contribution < 1.29 is 18.0 Å². The Balaban J connectivity index is 1.74. The van der Waals surface area contributed by atoms with Crippen LogP contribution >= 0.6 is 0 Å². The van der Waals surface area contributed by atoms with Gasteiger partial charge in [-0.05, 0) is 43.3 Å². The van der Waals surface area contributed by atoms with Gasteiger partial charge in [0.1, 0.15) is 5.82 Å². The molecular weight excluding hydrogens is 368 g/mol. The first-order valence-corrected chi connectivity index (χ1v) is 9.65. The topological polar surface area (TPSA) is 104 Å². The third-order valence-corrected chi connectivity index (χ3v) is 5.87. The average molecular weight is 388 g/mol. The van der Waals surface area contributed by atoms with Crippen LogP contribution in [0.15, 0.2) is 53.4 Å². The van der Waals surface area contributed by atoms with Gasteiger partial charge in [-0.3, -0.25) is 9.63 Å². The van der Waals surface area contributed by atoms with Crippen LogP contribution in [0.2, 0.25) is 0 Å². The lowest BCUT2D eigenvalue weighted by atomic mass is 10.2. The van der Waals surface area contributed by atoms with Crippen molar-refractivity contribution in [3.8, 4) is 0 Å². The van der Waals surface area contributed by atoms with Gasteiger partial charge in [-0.15, -0.1) is 0 Å². The molecule has 2 N–H and O–H groups in total. The van der Waals surface area contributed by atoms with E-state index in [1.54, 1.807) is 0 Å². The van der Waals surface area contributed by atoms with Crippen molar-refractivity contribution >= 4 is 27.0 Å². The normalized spacial score (nSPS) is 13.0. The van der Waals surface area contributed by atoms with E-state index < -0.39 is 10.0 Å². The summed E-state index contributed by atoms with van der Waals surface area (Å²) in [5.41, 5.74) is 2.06. The molecule has 1 amide bonds. The molecule has 142 valence electrons. The quantitative estimate of drug-likeness (QED) is 0.630. The smallest absolute Gasteiger partial charge is 0.264 e. The molecule has 9 heteroatoms. The van der Waals surface area contributed by atoms with Gasteiger partial charge in [0, 0.05) is 12.6 Å². The minimum absolute atomic E-state index is 0.0359. The lowest BCUT2D eigenvalue weighted by molar-refractivity contribution is -0.0258. The van der Waals surface area contributed by atoms with Gasteiger partial charge in [-0.2, -0.15) is 0 Å². The highest BCUT2D eigenvalue weighted by Gasteiger charge is 2.21. The number of nitrogens with zero attached hydrogens (tertiary/aromatic N) is 2. The summed E-state index contributed by atoms with van der Waals surface area (Å²) in [5.74, 6) is 0.317. The van der Waals surface area contributed by atoms with Crippen LogP contribution in [0.3, 0.4) is 0 Å². The fourth-order valence-electron chi connectivity index (χ4n) is 2.55. The van der Waals surface area contributed by atoms with Crippen LogP contribution in [-0.2, 0) is 14.9 Å². The largest absolute Gasteiger partial charge is 0.342 e. The molecule has 0 radical (unpaired) electrons. The molecule has 27 heavy (non-hydrogen) atoms. The van der Waals surface area contributed by atoms with Crippen LogP contribution in [0.4, 0.5) is 0 Å². The number of fused-ring (bicyclic) bond motifs is 1. The van der Waals surface area contributed by atoms with Gasteiger partial charge in [-0.1, -0.05) is 16.6 Å². The number of aromatic amines is 1. The molecule has 0 aliphatic rings. The molecule has 8 nitrogen and oxygen atoms in total. The summed E-state index contributed by atoms with van der Waals surface area (Å²) in [6, 6.07) is 12.9. The number of rotatable bonds is 6. The molecular formula is C18H20N4O4S. The number of H-pyrrole nitrogens is 1. The molecule has 1 atom stereocenters. The Morgan fingerprint density at radius 1 is 1.19 bits per heavy atom. The molecule has 3 aromatic rings. The highest BCUT2D eigenvalue weighted by molar-refractivity contribution is 7.89. The Morgan fingerprint density at radius 2 is 1.85 bits per heavy atom. The molecule has 3 rings (SSSR count). The van der Waals surface area contributed by atoms with Gasteiger partial charge in [0.2, 0.25) is 0 Å². The number of sulfonamides is 1. The number of hydrogen-bond acceptors (Lipinski definition) is 5. The molecule has 0 saturated carbocycles. The predicted molar refractivity (Wildman–Crippen MR) is 100 cm³/mol. The number of aromatic nitrogens is 2. The third-order valence-electron chi connectivity index (χ3n) is 4.18. The van der Waals surface area contributed by atoms with E-state index in [9.17, 15) is 13.2 Å². The second-order valence-electron chi connectivity index (χ2n) is 5.96. The summed E-state index contributed by atoms with van der Waals surface area (Å²) in [5, 5.41) is 2.85. The van der Waals surface area contributed by atoms with Crippen LogP contribution < -0.4 is 5.32 Å². The number of carbonyl (C=O) groups excluding carboxylic acids is 1. The Labute approximate surface area is 157 Å². The van der Waals surface area contributed by atoms with Gasteiger partial charge in [-0.25, -0.2) is 13.4 Å². The third kappa shape index (κ3) is 3.85. The highest BCUT2D eigenvalue weighted by atomic mass is 32.2. The maximum atomic E-state index is 12.5. The van der Waals surface area contributed by atoms with Crippen LogP contribution in [-0.4, -0.2) is 42.9 Å². The molecule has 0 bridgehead atoms. The van der Waals surface area contributed by atoms with Gasteiger partial charge in [0.15, 0.2) is 0 Å². The number of benzene rings is 2. The van der Waals surface area contributed by atoms with Gasteiger partial charge in [0.25, 0.3) is 15.9 Å². The minimum Gasteiger partial charge on any atom is -0.342 e. The van der Waals surface area contributed by atoms with Crippen molar-refractivity contribution in [1.29, 1.82) is 0 Å². The zero-order valence-corrected chi connectivity index (χ0v) is 15.9. The molecule has 0 unspecified atom stereocenters. The van der Waals surface area contributed by atoms with Gasteiger partial charge < -0.3 is 10.3 Å². The Morgan fingerprint density at radius 3 is 2.48 bits per heavy atom. The van der Waals surface area contributed by atoms with Crippen molar-refractivity contribution in [1.82, 2.24) is 19.8 Å². The van der Waals surface area contributed by atoms with Crippen LogP contribution in [0.1, 0.15) is 29.1 Å². The number of hydroxylamine groups is 1. The number of imidazole rings is 1. The average Bonchev–Trinajstić information content (AvgIpc) is 3.11. The second kappa shape index (κ2) is 7.47. The van der Waals surface area contributed by atoms with Crippen molar-refractivity contribution in [3.63, 3.8) is 0 Å². The number of carbonyl (C=O) groups is 1. The number of amides is 1. The van der Waals surface area contributed by atoms with E-state index in [4.69, 9.17) is 4.84 Å². The van der Waals surface area contributed by atoms with E-state index >= 15 is 0 Å². The molecule has 0 saturated heterocycles. The van der Waals surface area contributed by atoms with E-state index in [-0.39, 0.29) is 16.8 Å². The zero-order valence-electron chi connectivity index (χ0n) is 15.1. The molecule has 2 aromatic carbocycles. The van der Waals surface area contributed by atoms with Crippen molar-refractivity contribution in [2.45, 2.75) is 17.9 Å². The molecule has 1 aromatic heterocycles. The summed E-state index contributed by atoms with van der Waals surface area (Å²) in [7, 11) is -1.19. The standard InChI is InChI=1S/C18H20N4O4S/c1-12(17-20-15-6-4-5-7-16(15)21-17)19-18(23)13-8-10-14(11-9-13)27(24,25)22(2)26-3/h4-12H,1-3H3,(H,19,23)(H,20,21)/t12-/m1/s1. The summed E-state index contributed by atoms with van der Waals surface area (Å²) in [6.07, 6.45) is 0. The summed E-state index contributed by atoms with van der Waals surface area (Å²) in [4.78, 5) is 24.9. The summed E-state index contributed by atoms with van der Waals surface area (Å²) < 4.78 is 25.1. The van der Waals surface area contributed by atoms with Gasteiger partial charge >= 0.3 is 0 Å². The SMILES string of the molecule is CON(C)S(=O)(=O)c1ccc(C(=O)N[C@H](C)c2nc3ccccc3[nH]2)cc1. The van der Waals surface area contributed by atoms with Crippen LogP contribution in [0.25, 0.3) is 11.0 Å². The first-order valence-electron chi connectivity index (χ1n) is 8.21. The fraction of sp³-hybridized carbons (Fsp3) is 0.222. The predicted octanol–water partition coefficient (Wildman–Crippen LogP) is 2.24. The van der Waals surface area contributed by atoms with Crippen molar-refractivity contribution in [3.05, 3.63) is 59.9 Å². The monoisotopic (exact) mass is 388 g/mol. The van der Waals surface area contributed by atoms with Gasteiger partial charge in [0.05, 0.1) is 29.1 Å². The first kappa shape index (κ1) is 19.0. The molecule has 0 aliphatic carbocycles. The summed E-state index contributed by atoms with van der Waals surface area (Å²) >= 11 is 0. The summed E-state index contributed by atoms with van der Waals surface area (Å²) in [6.45, 7) is 1.82. The molecule has 0 aliphatic heterocycles. The van der Waals surface area contributed by atoms with Crippen LogP contribution in [0.5, 0.6) is 0 Å². The van der Waals surface area contributed by atoms with E-state index in [1.807, 2.05) is 31.2 Å². The Bertz CT molecular complexity index is 1030. The van der Waals surface area contributed by atoms with Crippen molar-refractivity contribution in [2.75, 3.05) is 14.2 Å².